The van der Waals surface area contributed by atoms with Gasteiger partial charge in [0.2, 0.25) is 6.71 Å². The first kappa shape index (κ1) is 28.6. The summed E-state index contributed by atoms with van der Waals surface area (Å²) in [7, 11) is -2.56. The van der Waals surface area contributed by atoms with Crippen LogP contribution in [0.3, 0.4) is 0 Å². The van der Waals surface area contributed by atoms with E-state index in [2.05, 4.69) is 175 Å². The standard InChI is InChI=1S/C46H29BS2Si/c1-2-12-32(13-3-1)47-39-16-6-10-20-45(39)50(46-21-11-7-17-40(46)47)28-37(30-22-24-43-35(26-30)33-14-4-8-18-41(33)48-43)38(29-50)31-23-25-44-36(27-31)34-15-5-9-19-42(34)49-44/h1-29H. The number of benzene rings is 7. The highest BCUT2D eigenvalue weighted by Gasteiger charge is 2.47. The second-order valence-electron chi connectivity index (χ2n) is 13.6. The number of thiophene rings is 2. The van der Waals surface area contributed by atoms with Gasteiger partial charge >= 0.3 is 0 Å². The van der Waals surface area contributed by atoms with Crippen LogP contribution in [-0.4, -0.2) is 14.8 Å². The van der Waals surface area contributed by atoms with E-state index in [4.69, 9.17) is 0 Å². The zero-order chi connectivity index (χ0) is 32.8. The highest BCUT2D eigenvalue weighted by Crippen LogP contribution is 2.44. The van der Waals surface area contributed by atoms with Crippen LogP contribution in [0.5, 0.6) is 0 Å². The van der Waals surface area contributed by atoms with Gasteiger partial charge in [-0.2, -0.15) is 0 Å². The molecule has 0 atom stereocenters. The van der Waals surface area contributed by atoms with Gasteiger partial charge < -0.3 is 0 Å². The van der Waals surface area contributed by atoms with Gasteiger partial charge in [-0.1, -0.05) is 166 Å². The normalized spacial score (nSPS) is 14.8. The maximum Gasteiger partial charge on any atom is 0.240 e. The minimum Gasteiger partial charge on any atom is -0.135 e. The van der Waals surface area contributed by atoms with Crippen LogP contribution >= 0.6 is 22.7 Å². The largest absolute Gasteiger partial charge is 0.240 e. The molecule has 0 fully saturated rings. The Hall–Kier alpha value is -5.26. The fraction of sp³-hybridized carbons (Fsp3) is 0. The molecule has 0 saturated carbocycles. The summed E-state index contributed by atoms with van der Waals surface area (Å²) in [6, 6.07) is 61.8. The molecule has 1 spiro atoms. The monoisotopic (exact) mass is 684 g/mol. The molecular weight excluding hydrogens is 656 g/mol. The number of hydrogen-bond donors (Lipinski definition) is 0. The van der Waals surface area contributed by atoms with Gasteiger partial charge in [0.05, 0.1) is 0 Å². The molecule has 232 valence electrons. The van der Waals surface area contributed by atoms with Gasteiger partial charge in [0.25, 0.3) is 0 Å². The van der Waals surface area contributed by atoms with E-state index in [9.17, 15) is 0 Å². The zero-order valence-corrected chi connectivity index (χ0v) is 29.8. The van der Waals surface area contributed by atoms with Crippen molar-refractivity contribution in [3.63, 3.8) is 0 Å². The summed E-state index contributed by atoms with van der Waals surface area (Å²) in [6.07, 6.45) is 0. The summed E-state index contributed by atoms with van der Waals surface area (Å²) in [4.78, 5) is 0. The van der Waals surface area contributed by atoms with Crippen LogP contribution in [0, 0.1) is 0 Å². The van der Waals surface area contributed by atoms with Gasteiger partial charge in [0, 0.05) is 40.3 Å². The first-order chi connectivity index (χ1) is 24.7. The Balaban J connectivity index is 1.21. The van der Waals surface area contributed by atoms with Gasteiger partial charge in [-0.15, -0.1) is 22.7 Å². The van der Waals surface area contributed by atoms with Crippen molar-refractivity contribution in [3.8, 4) is 0 Å². The molecule has 7 aromatic carbocycles. The van der Waals surface area contributed by atoms with Crippen molar-refractivity contribution in [2.75, 3.05) is 0 Å². The molecule has 0 aliphatic carbocycles. The van der Waals surface area contributed by atoms with Gasteiger partial charge in [-0.05, 0) is 58.7 Å². The Morgan fingerprint density at radius 2 is 0.820 bits per heavy atom. The van der Waals surface area contributed by atoms with Gasteiger partial charge in [0.1, 0.15) is 0 Å². The average molecular weight is 685 g/mol. The van der Waals surface area contributed by atoms with E-state index in [1.165, 1.54) is 89.4 Å². The van der Waals surface area contributed by atoms with Crippen LogP contribution in [0.25, 0.3) is 51.5 Å². The van der Waals surface area contributed by atoms with E-state index in [-0.39, 0.29) is 6.71 Å². The summed E-state index contributed by atoms with van der Waals surface area (Å²) >= 11 is 3.78. The Kier molecular flexibility index (Phi) is 6.21. The predicted octanol–water partition coefficient (Wildman–Crippen LogP) is 9.07. The molecule has 2 aliphatic rings. The smallest absolute Gasteiger partial charge is 0.135 e. The molecule has 4 heterocycles. The molecule has 0 radical (unpaired) electrons. The molecule has 11 rings (SSSR count). The number of rotatable bonds is 3. The first-order valence-electron chi connectivity index (χ1n) is 17.3. The minimum atomic E-state index is -2.56. The summed E-state index contributed by atoms with van der Waals surface area (Å²) in [5.74, 6) is 0. The van der Waals surface area contributed by atoms with E-state index < -0.39 is 8.07 Å². The fourth-order valence-electron chi connectivity index (χ4n) is 8.80. The number of fused-ring (bicyclic) bond motifs is 10. The third-order valence-corrected chi connectivity index (χ3v) is 17.5. The third-order valence-electron chi connectivity index (χ3n) is 11.0. The van der Waals surface area contributed by atoms with E-state index in [0.29, 0.717) is 0 Å². The van der Waals surface area contributed by atoms with Crippen molar-refractivity contribution < 1.29 is 0 Å². The van der Waals surface area contributed by atoms with Crippen LogP contribution in [-0.2, 0) is 0 Å². The predicted molar refractivity (Wildman–Crippen MR) is 224 cm³/mol. The summed E-state index contributed by atoms with van der Waals surface area (Å²) in [6.45, 7) is 0.207. The van der Waals surface area contributed by atoms with Crippen LogP contribution < -0.4 is 26.8 Å². The SMILES string of the molecule is C1=C(c2ccc3sc4ccccc4c3c2)C(c2ccc3sc4ccccc4c3c2)=C[Si]12c1ccccc1B(c1ccccc1)c1ccccc12. The maximum absolute atomic E-state index is 2.73. The van der Waals surface area contributed by atoms with Crippen molar-refractivity contribution in [3.05, 3.63) is 186 Å². The van der Waals surface area contributed by atoms with Crippen molar-refractivity contribution in [2.45, 2.75) is 0 Å². The van der Waals surface area contributed by atoms with Gasteiger partial charge in [-0.3, -0.25) is 0 Å². The molecule has 0 N–H and O–H groups in total. The molecule has 0 nitrogen and oxygen atoms in total. The molecule has 2 aliphatic heterocycles. The zero-order valence-electron chi connectivity index (χ0n) is 27.1. The van der Waals surface area contributed by atoms with Crippen molar-refractivity contribution in [1.29, 1.82) is 0 Å². The van der Waals surface area contributed by atoms with E-state index in [1.54, 1.807) is 0 Å². The molecule has 0 amide bonds. The molecule has 50 heavy (non-hydrogen) atoms. The number of hydrogen-bond acceptors (Lipinski definition) is 2. The third kappa shape index (κ3) is 4.10. The Morgan fingerprint density at radius 3 is 1.36 bits per heavy atom. The second kappa shape index (κ2) is 10.9. The van der Waals surface area contributed by atoms with Crippen LogP contribution in [0.15, 0.2) is 175 Å². The topological polar surface area (TPSA) is 0 Å². The average Bonchev–Trinajstić information content (AvgIpc) is 3.87. The van der Waals surface area contributed by atoms with E-state index in [0.717, 1.165) is 0 Å². The number of allylic oxidation sites excluding steroid dienone is 2. The van der Waals surface area contributed by atoms with Crippen molar-refractivity contribution >= 4 is 116 Å². The summed E-state index contributed by atoms with van der Waals surface area (Å²) in [5.41, 5.74) is 15.0. The lowest BCUT2D eigenvalue weighted by atomic mass is 9.36. The Labute approximate surface area is 300 Å². The van der Waals surface area contributed by atoms with Gasteiger partial charge in [0.15, 0.2) is 8.07 Å². The van der Waals surface area contributed by atoms with Crippen molar-refractivity contribution in [2.24, 2.45) is 0 Å². The molecule has 4 heteroatoms. The molecule has 0 saturated heterocycles. The Bertz CT molecular complexity index is 2710. The first-order valence-corrected chi connectivity index (χ1v) is 21.1. The van der Waals surface area contributed by atoms with Crippen molar-refractivity contribution in [1.82, 2.24) is 0 Å². The van der Waals surface area contributed by atoms with Crippen LogP contribution in [0.1, 0.15) is 11.1 Å². The van der Waals surface area contributed by atoms with E-state index in [1.807, 2.05) is 22.7 Å². The molecular formula is C46H29BS2Si. The highest BCUT2D eigenvalue weighted by atomic mass is 32.1. The quantitative estimate of drug-likeness (QED) is 0.163. The molecule has 9 aromatic rings. The van der Waals surface area contributed by atoms with Crippen LogP contribution in [0.4, 0.5) is 0 Å². The van der Waals surface area contributed by atoms with Crippen LogP contribution in [0.2, 0.25) is 0 Å². The molecule has 0 unspecified atom stereocenters. The van der Waals surface area contributed by atoms with E-state index >= 15 is 0 Å². The second-order valence-corrected chi connectivity index (χ2v) is 19.2. The summed E-state index contributed by atoms with van der Waals surface area (Å²) in [5, 5.41) is 8.39. The lowest BCUT2D eigenvalue weighted by molar-refractivity contribution is 1.67. The minimum absolute atomic E-state index is 0.207. The molecule has 0 bridgehead atoms. The Morgan fingerprint density at radius 1 is 0.380 bits per heavy atom. The maximum atomic E-state index is 2.73. The summed E-state index contributed by atoms with van der Waals surface area (Å²) < 4.78 is 5.38. The fourth-order valence-corrected chi connectivity index (χ4v) is 15.7. The molecule has 2 aromatic heterocycles. The van der Waals surface area contributed by atoms with Gasteiger partial charge in [-0.25, -0.2) is 0 Å². The lowest BCUT2D eigenvalue weighted by Crippen LogP contribution is -2.77. The lowest BCUT2D eigenvalue weighted by Gasteiger charge is -2.37. The highest BCUT2D eigenvalue weighted by molar-refractivity contribution is 7.26.